The number of nitrogens with zero attached hydrogens (tertiary/aromatic N) is 2. The molecule has 2 aliphatic carbocycles. The van der Waals surface area contributed by atoms with E-state index in [-0.39, 0.29) is 34.6 Å². The topological polar surface area (TPSA) is 44.7 Å². The number of hydrazone groups is 1. The highest BCUT2D eigenvalue weighted by Gasteiger charge is 2.61. The number of nitrogens with one attached hydrogen (secondary N) is 1. The number of hydrogen-bond donors (Lipinski definition) is 1. The third-order valence-corrected chi connectivity index (χ3v) is 8.40. The SMILES string of the molecule is CCCCC1=NN(C(=O)N[C@H]2CC3CCC2(C)C3(C)C)CC1c1ccccc1F. The van der Waals surface area contributed by atoms with Gasteiger partial charge in [-0.15, -0.1) is 0 Å². The highest BCUT2D eigenvalue weighted by Crippen LogP contribution is 2.65. The van der Waals surface area contributed by atoms with Gasteiger partial charge in [-0.1, -0.05) is 52.3 Å². The molecule has 158 valence electrons. The number of benzene rings is 1. The summed E-state index contributed by atoms with van der Waals surface area (Å²) in [6.07, 6.45) is 6.32. The number of halogens is 1. The Morgan fingerprint density at radius 3 is 2.69 bits per heavy atom. The highest BCUT2D eigenvalue weighted by molar-refractivity contribution is 5.94. The monoisotopic (exact) mass is 399 g/mol. The standard InChI is InChI=1S/C24H34FN3O/c1-5-6-11-20-18(17-9-7-8-10-19(17)25)15-28(27-20)22(29)26-21-14-16-12-13-24(21,4)23(16,2)3/h7-10,16,18,21H,5-6,11-15H2,1-4H3,(H,26,29)/t16?,18?,21-,24?/m0/s1. The fraction of sp³-hybridized carbons (Fsp3) is 0.667. The molecule has 4 rings (SSSR count). The summed E-state index contributed by atoms with van der Waals surface area (Å²) in [5, 5.41) is 9.50. The molecule has 1 aromatic carbocycles. The summed E-state index contributed by atoms with van der Waals surface area (Å²) in [7, 11) is 0. The van der Waals surface area contributed by atoms with Gasteiger partial charge in [0, 0.05) is 17.7 Å². The average Bonchev–Trinajstić information content (AvgIpc) is 3.26. The van der Waals surface area contributed by atoms with Crippen LogP contribution in [0.5, 0.6) is 0 Å². The van der Waals surface area contributed by atoms with E-state index in [1.165, 1.54) is 18.9 Å². The van der Waals surface area contributed by atoms with Crippen LogP contribution in [0.3, 0.4) is 0 Å². The van der Waals surface area contributed by atoms with E-state index in [2.05, 4.69) is 38.1 Å². The van der Waals surface area contributed by atoms with Crippen LogP contribution in [0.1, 0.15) is 77.7 Å². The number of unbranched alkanes of at least 4 members (excludes halogenated alkanes) is 1. The maximum absolute atomic E-state index is 14.5. The molecule has 0 radical (unpaired) electrons. The van der Waals surface area contributed by atoms with Crippen molar-refractivity contribution in [3.05, 3.63) is 35.6 Å². The largest absolute Gasteiger partial charge is 0.338 e. The zero-order chi connectivity index (χ0) is 20.8. The second-order valence-electron chi connectivity index (χ2n) is 9.96. The van der Waals surface area contributed by atoms with Crippen LogP contribution >= 0.6 is 0 Å². The van der Waals surface area contributed by atoms with Gasteiger partial charge in [0.25, 0.3) is 0 Å². The summed E-state index contributed by atoms with van der Waals surface area (Å²) < 4.78 is 14.5. The Labute approximate surface area is 173 Å². The van der Waals surface area contributed by atoms with E-state index in [9.17, 15) is 9.18 Å². The van der Waals surface area contributed by atoms with E-state index in [0.29, 0.717) is 18.0 Å². The van der Waals surface area contributed by atoms with Gasteiger partial charge in [0.05, 0.1) is 6.54 Å². The van der Waals surface area contributed by atoms with Crippen molar-refractivity contribution in [3.63, 3.8) is 0 Å². The minimum absolute atomic E-state index is 0.132. The number of amides is 2. The number of carbonyl (C=O) groups excluding carboxylic acids is 1. The summed E-state index contributed by atoms with van der Waals surface area (Å²) in [5.41, 5.74) is 1.95. The fourth-order valence-electron chi connectivity index (χ4n) is 5.94. The summed E-state index contributed by atoms with van der Waals surface area (Å²) in [4.78, 5) is 13.1. The number of fused-ring (bicyclic) bond motifs is 2. The summed E-state index contributed by atoms with van der Waals surface area (Å²) >= 11 is 0. The molecule has 1 aliphatic heterocycles. The Balaban J connectivity index is 1.51. The van der Waals surface area contributed by atoms with E-state index in [0.717, 1.165) is 31.4 Å². The maximum atomic E-state index is 14.5. The molecule has 2 fully saturated rings. The molecule has 0 saturated heterocycles. The summed E-state index contributed by atoms with van der Waals surface area (Å²) in [6.45, 7) is 9.58. The molecule has 1 N–H and O–H groups in total. The quantitative estimate of drug-likeness (QED) is 0.679. The minimum Gasteiger partial charge on any atom is -0.333 e. The minimum atomic E-state index is -0.216. The molecule has 3 aliphatic rings. The number of rotatable bonds is 5. The van der Waals surface area contributed by atoms with Crippen LogP contribution in [0, 0.1) is 22.6 Å². The number of hydrogen-bond acceptors (Lipinski definition) is 2. The average molecular weight is 400 g/mol. The second-order valence-corrected chi connectivity index (χ2v) is 9.96. The van der Waals surface area contributed by atoms with Crippen LogP contribution in [0.4, 0.5) is 9.18 Å². The Morgan fingerprint density at radius 2 is 2.07 bits per heavy atom. The van der Waals surface area contributed by atoms with Crippen molar-refractivity contribution in [3.8, 4) is 0 Å². The molecule has 3 unspecified atom stereocenters. The highest BCUT2D eigenvalue weighted by atomic mass is 19.1. The van der Waals surface area contributed by atoms with Crippen LogP contribution in [0.15, 0.2) is 29.4 Å². The van der Waals surface area contributed by atoms with Crippen LogP contribution in [-0.4, -0.2) is 29.3 Å². The van der Waals surface area contributed by atoms with Gasteiger partial charge in [0.2, 0.25) is 0 Å². The van der Waals surface area contributed by atoms with Gasteiger partial charge in [-0.2, -0.15) is 5.10 Å². The Kier molecular flexibility index (Phi) is 5.20. The Hall–Kier alpha value is -1.91. The van der Waals surface area contributed by atoms with E-state index in [1.807, 2.05) is 12.1 Å². The van der Waals surface area contributed by atoms with Crippen molar-refractivity contribution in [2.45, 2.75) is 78.2 Å². The summed E-state index contributed by atoms with van der Waals surface area (Å²) in [5.74, 6) is 0.304. The molecule has 0 spiro atoms. The number of carbonyl (C=O) groups is 1. The molecule has 1 heterocycles. The van der Waals surface area contributed by atoms with Gasteiger partial charge in [-0.3, -0.25) is 0 Å². The molecule has 4 atom stereocenters. The van der Waals surface area contributed by atoms with Gasteiger partial charge in [-0.25, -0.2) is 14.2 Å². The molecule has 5 heteroatoms. The summed E-state index contributed by atoms with van der Waals surface area (Å²) in [6, 6.07) is 6.93. The third kappa shape index (κ3) is 3.27. The van der Waals surface area contributed by atoms with Gasteiger partial charge in [-0.05, 0) is 60.5 Å². The Morgan fingerprint density at radius 1 is 1.31 bits per heavy atom. The van der Waals surface area contributed by atoms with Gasteiger partial charge >= 0.3 is 6.03 Å². The van der Waals surface area contributed by atoms with E-state index in [4.69, 9.17) is 0 Å². The first-order chi connectivity index (χ1) is 13.8. The molecular formula is C24H34FN3O. The predicted octanol–water partition coefficient (Wildman–Crippen LogP) is 5.70. The lowest BCUT2D eigenvalue weighted by Gasteiger charge is -2.39. The van der Waals surface area contributed by atoms with Crippen molar-refractivity contribution in [2.75, 3.05) is 6.54 Å². The normalized spacial score (nSPS) is 32.5. The lowest BCUT2D eigenvalue weighted by molar-refractivity contribution is 0.118. The van der Waals surface area contributed by atoms with Crippen molar-refractivity contribution >= 4 is 11.7 Å². The van der Waals surface area contributed by atoms with E-state index >= 15 is 0 Å². The van der Waals surface area contributed by atoms with Crippen LogP contribution in [0.25, 0.3) is 0 Å². The zero-order valence-corrected chi connectivity index (χ0v) is 18.2. The molecule has 4 nitrogen and oxygen atoms in total. The maximum Gasteiger partial charge on any atom is 0.338 e. The molecular weight excluding hydrogens is 365 g/mol. The van der Waals surface area contributed by atoms with Crippen molar-refractivity contribution in [1.29, 1.82) is 0 Å². The second kappa shape index (κ2) is 7.41. The first kappa shape index (κ1) is 20.4. The molecule has 1 aromatic rings. The zero-order valence-electron chi connectivity index (χ0n) is 18.2. The van der Waals surface area contributed by atoms with Gasteiger partial charge in [0.15, 0.2) is 0 Å². The van der Waals surface area contributed by atoms with Crippen molar-refractivity contribution in [1.82, 2.24) is 10.3 Å². The molecule has 2 bridgehead atoms. The van der Waals surface area contributed by atoms with Gasteiger partial charge < -0.3 is 5.32 Å². The van der Waals surface area contributed by atoms with Crippen LogP contribution < -0.4 is 5.32 Å². The van der Waals surface area contributed by atoms with Crippen LogP contribution in [-0.2, 0) is 0 Å². The van der Waals surface area contributed by atoms with E-state index in [1.54, 1.807) is 11.1 Å². The molecule has 2 saturated carbocycles. The van der Waals surface area contributed by atoms with Crippen LogP contribution in [0.2, 0.25) is 0 Å². The van der Waals surface area contributed by atoms with Crippen molar-refractivity contribution < 1.29 is 9.18 Å². The lowest BCUT2D eigenvalue weighted by atomic mass is 9.69. The molecule has 0 aromatic heterocycles. The van der Waals surface area contributed by atoms with Crippen molar-refractivity contribution in [2.24, 2.45) is 21.8 Å². The molecule has 2 amide bonds. The van der Waals surface area contributed by atoms with Gasteiger partial charge in [0.1, 0.15) is 5.82 Å². The fourth-order valence-corrected chi connectivity index (χ4v) is 5.94. The smallest absolute Gasteiger partial charge is 0.333 e. The van der Waals surface area contributed by atoms with E-state index < -0.39 is 0 Å². The number of urea groups is 1. The third-order valence-electron chi connectivity index (χ3n) is 8.40. The first-order valence-electron chi connectivity index (χ1n) is 11.2. The Bertz CT molecular complexity index is 820. The molecule has 29 heavy (non-hydrogen) atoms. The lowest BCUT2D eigenvalue weighted by Crippen LogP contribution is -2.50. The first-order valence-corrected chi connectivity index (χ1v) is 11.2. The predicted molar refractivity (Wildman–Crippen MR) is 114 cm³/mol.